The Hall–Kier alpha value is -1.27. The maximum absolute atomic E-state index is 11.6. The largest absolute Gasteiger partial charge is 0.480 e. The molecule has 12 heavy (non-hydrogen) atoms. The van der Waals surface area contributed by atoms with Crippen LogP contribution in [0.3, 0.4) is 0 Å². The molecule has 0 fully saturated rings. The Morgan fingerprint density at radius 2 is 2.08 bits per heavy atom. The van der Waals surface area contributed by atoms with Crippen molar-refractivity contribution in [2.24, 2.45) is 0 Å². The van der Waals surface area contributed by atoms with Gasteiger partial charge < -0.3 is 10.4 Å². The number of aliphatic carboxylic acids is 1. The number of amides is 1. The molecule has 0 aliphatic heterocycles. The predicted octanol–water partition coefficient (Wildman–Crippen LogP) is 0.138. The van der Waals surface area contributed by atoms with Gasteiger partial charge in [-0.1, -0.05) is 0 Å². The highest BCUT2D eigenvalue weighted by Crippen LogP contribution is 2.21. The fourth-order valence-corrected chi connectivity index (χ4v) is 0.531. The molecule has 0 spiro atoms. The first-order valence-corrected chi connectivity index (χ1v) is 2.86. The van der Waals surface area contributed by atoms with Crippen molar-refractivity contribution in [1.29, 1.82) is 0 Å². The van der Waals surface area contributed by atoms with Gasteiger partial charge in [0.05, 0.1) is 6.42 Å². The van der Waals surface area contributed by atoms with E-state index in [1.165, 1.54) is 5.32 Å². The monoisotopic (exact) mass is 185 g/mol. The number of hydrogen-bond acceptors (Lipinski definition) is 2. The van der Waals surface area contributed by atoms with Crippen LogP contribution in [0.4, 0.5) is 13.2 Å². The Labute approximate surface area is 65.4 Å². The van der Waals surface area contributed by atoms with Crippen molar-refractivity contribution < 1.29 is 27.9 Å². The summed E-state index contributed by atoms with van der Waals surface area (Å²) in [4.78, 5) is 19.7. The number of carboxylic acids is 1. The summed E-state index contributed by atoms with van der Waals surface area (Å²) in [6.45, 7) is 0. The molecule has 1 amide bonds. The van der Waals surface area contributed by atoms with Crippen LogP contribution >= 0.6 is 0 Å². The van der Waals surface area contributed by atoms with Crippen LogP contribution in [0.15, 0.2) is 0 Å². The van der Waals surface area contributed by atoms with Crippen LogP contribution in [-0.2, 0) is 9.59 Å². The molecular weight excluding hydrogens is 179 g/mol. The third-order valence-corrected chi connectivity index (χ3v) is 1.00. The first-order chi connectivity index (χ1) is 5.37. The molecule has 0 bridgehead atoms. The summed E-state index contributed by atoms with van der Waals surface area (Å²) in [5.74, 6) is -1.71. The Kier molecular flexibility index (Phi) is 3.52. The SMILES string of the molecule is O=CN[C@@H](CC(F)(F)F)C(=O)O. The summed E-state index contributed by atoms with van der Waals surface area (Å²) in [7, 11) is 0. The van der Waals surface area contributed by atoms with Gasteiger partial charge in [-0.15, -0.1) is 0 Å². The second-order valence-corrected chi connectivity index (χ2v) is 1.99. The van der Waals surface area contributed by atoms with Crippen LogP contribution in [0.2, 0.25) is 0 Å². The fraction of sp³-hybridized carbons (Fsp3) is 0.600. The van der Waals surface area contributed by atoms with E-state index in [1.54, 1.807) is 0 Å². The number of halogens is 3. The molecule has 0 aromatic rings. The summed E-state index contributed by atoms with van der Waals surface area (Å²) in [5, 5.41) is 9.68. The molecule has 0 aromatic carbocycles. The number of nitrogens with one attached hydrogen (secondary N) is 1. The van der Waals surface area contributed by atoms with E-state index >= 15 is 0 Å². The number of carbonyl (C=O) groups is 2. The molecule has 0 aromatic heterocycles. The van der Waals surface area contributed by atoms with Gasteiger partial charge in [0.1, 0.15) is 6.04 Å². The van der Waals surface area contributed by atoms with Crippen LogP contribution in [0, 0.1) is 0 Å². The molecule has 4 nitrogen and oxygen atoms in total. The van der Waals surface area contributed by atoms with Crippen molar-refractivity contribution in [1.82, 2.24) is 5.32 Å². The number of hydrogen-bond donors (Lipinski definition) is 2. The molecule has 0 aliphatic carbocycles. The molecule has 0 saturated carbocycles. The standard InChI is InChI=1S/C5H6F3NO3/c6-5(7,8)1-3(4(11)12)9-2-10/h2-3H,1H2,(H,9,10)(H,11,12)/t3-/m0/s1. The molecule has 0 radical (unpaired) electrons. The van der Waals surface area contributed by atoms with E-state index in [1.807, 2.05) is 0 Å². The second-order valence-electron chi connectivity index (χ2n) is 1.99. The molecular formula is C5H6F3NO3. The van der Waals surface area contributed by atoms with Gasteiger partial charge in [0, 0.05) is 0 Å². The zero-order chi connectivity index (χ0) is 9.78. The van der Waals surface area contributed by atoms with Crippen LogP contribution < -0.4 is 5.32 Å². The van der Waals surface area contributed by atoms with Gasteiger partial charge in [0.2, 0.25) is 6.41 Å². The minimum atomic E-state index is -4.60. The number of alkyl halides is 3. The van der Waals surface area contributed by atoms with E-state index in [-0.39, 0.29) is 6.41 Å². The highest BCUT2D eigenvalue weighted by Gasteiger charge is 2.35. The highest BCUT2D eigenvalue weighted by atomic mass is 19.4. The van der Waals surface area contributed by atoms with Crippen molar-refractivity contribution in [2.45, 2.75) is 18.6 Å². The van der Waals surface area contributed by atoms with E-state index in [0.29, 0.717) is 0 Å². The normalized spacial score (nSPS) is 13.6. The second kappa shape index (κ2) is 3.93. The zero-order valence-corrected chi connectivity index (χ0v) is 5.76. The number of rotatable bonds is 4. The van der Waals surface area contributed by atoms with Crippen molar-refractivity contribution in [3.63, 3.8) is 0 Å². The third kappa shape index (κ3) is 4.53. The molecule has 2 N–H and O–H groups in total. The van der Waals surface area contributed by atoms with Crippen molar-refractivity contribution in [3.05, 3.63) is 0 Å². The van der Waals surface area contributed by atoms with Crippen LogP contribution in [-0.4, -0.2) is 29.7 Å². The molecule has 0 heterocycles. The Morgan fingerprint density at radius 1 is 1.58 bits per heavy atom. The molecule has 0 rings (SSSR count). The van der Waals surface area contributed by atoms with Gasteiger partial charge in [0.15, 0.2) is 0 Å². The maximum Gasteiger partial charge on any atom is 0.391 e. The Bertz CT molecular complexity index is 179. The van der Waals surface area contributed by atoms with Gasteiger partial charge in [-0.25, -0.2) is 4.79 Å². The summed E-state index contributed by atoms with van der Waals surface area (Å²) >= 11 is 0. The van der Waals surface area contributed by atoms with Crippen LogP contribution in [0.25, 0.3) is 0 Å². The van der Waals surface area contributed by atoms with Gasteiger partial charge in [-0.05, 0) is 0 Å². The quantitative estimate of drug-likeness (QED) is 0.612. The zero-order valence-electron chi connectivity index (χ0n) is 5.76. The molecule has 0 saturated heterocycles. The maximum atomic E-state index is 11.6. The molecule has 0 aliphatic rings. The van der Waals surface area contributed by atoms with Crippen molar-refractivity contribution in [2.75, 3.05) is 0 Å². The molecule has 70 valence electrons. The van der Waals surface area contributed by atoms with Gasteiger partial charge in [0.25, 0.3) is 0 Å². The lowest BCUT2D eigenvalue weighted by molar-refractivity contribution is -0.159. The minimum absolute atomic E-state index is 0.0788. The topological polar surface area (TPSA) is 66.4 Å². The predicted molar refractivity (Wildman–Crippen MR) is 31.3 cm³/mol. The molecule has 1 atom stereocenters. The Morgan fingerprint density at radius 3 is 2.33 bits per heavy atom. The summed E-state index contributed by atoms with van der Waals surface area (Å²) in [6, 6.07) is -1.90. The van der Waals surface area contributed by atoms with E-state index in [2.05, 4.69) is 0 Å². The molecule has 0 unspecified atom stereocenters. The minimum Gasteiger partial charge on any atom is -0.480 e. The van der Waals surface area contributed by atoms with Crippen molar-refractivity contribution in [3.8, 4) is 0 Å². The number of carboxylic acid groups (broad SMARTS) is 1. The first kappa shape index (κ1) is 10.7. The average molecular weight is 185 g/mol. The van der Waals surface area contributed by atoms with Gasteiger partial charge >= 0.3 is 12.1 Å². The lowest BCUT2D eigenvalue weighted by atomic mass is 10.2. The summed E-state index contributed by atoms with van der Waals surface area (Å²) in [5.41, 5.74) is 0. The van der Waals surface area contributed by atoms with E-state index in [0.717, 1.165) is 0 Å². The van der Waals surface area contributed by atoms with E-state index < -0.39 is 24.6 Å². The highest BCUT2D eigenvalue weighted by molar-refractivity contribution is 5.76. The Balaban J connectivity index is 4.13. The summed E-state index contributed by atoms with van der Waals surface area (Å²) < 4.78 is 34.7. The smallest absolute Gasteiger partial charge is 0.391 e. The van der Waals surface area contributed by atoms with E-state index in [4.69, 9.17) is 5.11 Å². The third-order valence-electron chi connectivity index (χ3n) is 1.00. The lowest BCUT2D eigenvalue weighted by Crippen LogP contribution is -2.39. The summed E-state index contributed by atoms with van der Waals surface area (Å²) in [6.07, 6.45) is -6.25. The fourth-order valence-electron chi connectivity index (χ4n) is 0.531. The molecule has 7 heteroatoms. The number of carbonyl (C=O) groups excluding carboxylic acids is 1. The van der Waals surface area contributed by atoms with Crippen LogP contribution in [0.5, 0.6) is 0 Å². The van der Waals surface area contributed by atoms with Gasteiger partial charge in [-0.2, -0.15) is 13.2 Å². The lowest BCUT2D eigenvalue weighted by Gasteiger charge is -2.12. The van der Waals surface area contributed by atoms with Crippen molar-refractivity contribution >= 4 is 12.4 Å². The average Bonchev–Trinajstić information content (AvgIpc) is 1.83. The first-order valence-electron chi connectivity index (χ1n) is 2.86. The van der Waals surface area contributed by atoms with Crippen LogP contribution in [0.1, 0.15) is 6.42 Å². The van der Waals surface area contributed by atoms with E-state index in [9.17, 15) is 22.8 Å². The van der Waals surface area contributed by atoms with Gasteiger partial charge in [-0.3, -0.25) is 4.79 Å².